The molecule has 2 aromatic rings. The van der Waals surface area contributed by atoms with Crippen molar-refractivity contribution in [3.8, 4) is 0 Å². The Morgan fingerprint density at radius 1 is 0.957 bits per heavy atom. The van der Waals surface area contributed by atoms with Gasteiger partial charge in [-0.05, 0) is 36.6 Å². The van der Waals surface area contributed by atoms with E-state index in [0.717, 1.165) is 19.7 Å². The highest BCUT2D eigenvalue weighted by Crippen LogP contribution is 2.28. The fraction of sp³-hybridized carbons (Fsp3) is 0.400. The van der Waals surface area contributed by atoms with Gasteiger partial charge in [0.25, 0.3) is 0 Å². The van der Waals surface area contributed by atoms with Crippen LogP contribution in [0.2, 0.25) is 0 Å². The van der Waals surface area contributed by atoms with Crippen molar-refractivity contribution in [3.63, 3.8) is 0 Å². The fourth-order valence-corrected chi connectivity index (χ4v) is 2.55. The van der Waals surface area contributed by atoms with E-state index in [1.165, 1.54) is 29.5 Å². The summed E-state index contributed by atoms with van der Waals surface area (Å²) in [5.41, 5.74) is 3.74. The summed E-state index contributed by atoms with van der Waals surface area (Å²) in [5, 5.41) is 3.43. The maximum atomic E-state index is 6.21. The Kier molecular flexibility index (Phi) is 9.61. The Labute approximate surface area is 146 Å². The number of rotatable bonds is 9. The van der Waals surface area contributed by atoms with Crippen LogP contribution in [0.3, 0.4) is 0 Å². The van der Waals surface area contributed by atoms with Crippen LogP contribution < -0.4 is 5.32 Å². The third-order valence-electron chi connectivity index (χ3n) is 3.84. The average Bonchev–Trinajstić information content (AvgIpc) is 2.56. The van der Waals surface area contributed by atoms with Crippen LogP contribution in [0.4, 0.5) is 0 Å². The van der Waals surface area contributed by atoms with E-state index in [2.05, 4.69) is 67.7 Å². The third-order valence-corrected chi connectivity index (χ3v) is 3.84. The summed E-state index contributed by atoms with van der Waals surface area (Å²) in [6.45, 7) is 7.04. The summed E-state index contributed by atoms with van der Waals surface area (Å²) in [6.07, 6.45) is 2.46. The standard InChI is InChI=1S/C20H27NO.ClH/c1-3-4-14-21-15-16-22-20(18-11-6-5-7-12-18)19-13-9-8-10-17(19)2;/h5-13,20-21H,3-4,14-16H2,1-2H3;1H. The second-order valence-corrected chi connectivity index (χ2v) is 5.62. The predicted molar refractivity (Wildman–Crippen MR) is 100 cm³/mol. The molecule has 0 aliphatic rings. The first-order chi connectivity index (χ1) is 10.8. The maximum absolute atomic E-state index is 6.21. The Bertz CT molecular complexity index is 544. The molecule has 1 atom stereocenters. The van der Waals surface area contributed by atoms with Crippen molar-refractivity contribution in [1.82, 2.24) is 5.32 Å². The molecule has 2 nitrogen and oxygen atoms in total. The molecule has 0 aliphatic heterocycles. The first-order valence-electron chi connectivity index (χ1n) is 8.25. The SMILES string of the molecule is CCCCNCCOC(c1ccccc1)c1ccccc1C.Cl. The summed E-state index contributed by atoms with van der Waals surface area (Å²) in [7, 11) is 0. The summed E-state index contributed by atoms with van der Waals surface area (Å²) in [6, 6.07) is 18.9. The second kappa shape index (κ2) is 11.2. The zero-order valence-electron chi connectivity index (χ0n) is 14.1. The van der Waals surface area contributed by atoms with Crippen LogP contribution in [-0.4, -0.2) is 19.7 Å². The number of halogens is 1. The molecule has 0 spiro atoms. The molecular formula is C20H28ClNO. The number of hydrogen-bond donors (Lipinski definition) is 1. The lowest BCUT2D eigenvalue weighted by Gasteiger charge is -2.21. The fourth-order valence-electron chi connectivity index (χ4n) is 2.55. The van der Waals surface area contributed by atoms with Crippen molar-refractivity contribution < 1.29 is 4.74 Å². The van der Waals surface area contributed by atoms with Gasteiger partial charge in [0.1, 0.15) is 6.10 Å². The van der Waals surface area contributed by atoms with E-state index in [1.54, 1.807) is 0 Å². The molecule has 0 fully saturated rings. The van der Waals surface area contributed by atoms with Crippen LogP contribution in [0.25, 0.3) is 0 Å². The molecule has 1 N–H and O–H groups in total. The molecule has 0 saturated heterocycles. The van der Waals surface area contributed by atoms with E-state index in [-0.39, 0.29) is 18.5 Å². The number of hydrogen-bond acceptors (Lipinski definition) is 2. The van der Waals surface area contributed by atoms with Crippen LogP contribution in [0.15, 0.2) is 54.6 Å². The van der Waals surface area contributed by atoms with Crippen molar-refractivity contribution >= 4 is 12.4 Å². The zero-order valence-corrected chi connectivity index (χ0v) is 14.9. The maximum Gasteiger partial charge on any atom is 0.108 e. The molecule has 3 heteroatoms. The summed E-state index contributed by atoms with van der Waals surface area (Å²) >= 11 is 0. The summed E-state index contributed by atoms with van der Waals surface area (Å²) < 4.78 is 6.21. The smallest absolute Gasteiger partial charge is 0.108 e. The van der Waals surface area contributed by atoms with Crippen molar-refractivity contribution in [3.05, 3.63) is 71.3 Å². The van der Waals surface area contributed by atoms with Gasteiger partial charge in [0.2, 0.25) is 0 Å². The first kappa shape index (κ1) is 19.7. The highest BCUT2D eigenvalue weighted by atomic mass is 35.5. The van der Waals surface area contributed by atoms with E-state index >= 15 is 0 Å². The van der Waals surface area contributed by atoms with Gasteiger partial charge in [0, 0.05) is 6.54 Å². The van der Waals surface area contributed by atoms with E-state index in [1.807, 2.05) is 6.07 Å². The molecule has 1 unspecified atom stereocenters. The van der Waals surface area contributed by atoms with Gasteiger partial charge in [-0.2, -0.15) is 0 Å². The van der Waals surface area contributed by atoms with Crippen molar-refractivity contribution in [2.24, 2.45) is 0 Å². The highest BCUT2D eigenvalue weighted by molar-refractivity contribution is 5.85. The Morgan fingerprint density at radius 3 is 2.35 bits per heavy atom. The molecular weight excluding hydrogens is 306 g/mol. The average molecular weight is 334 g/mol. The van der Waals surface area contributed by atoms with Gasteiger partial charge in [-0.1, -0.05) is 67.9 Å². The lowest BCUT2D eigenvalue weighted by atomic mass is 9.97. The van der Waals surface area contributed by atoms with E-state index in [9.17, 15) is 0 Å². The van der Waals surface area contributed by atoms with E-state index in [0.29, 0.717) is 0 Å². The Balaban J connectivity index is 0.00000264. The molecule has 0 aromatic heterocycles. The second-order valence-electron chi connectivity index (χ2n) is 5.62. The Morgan fingerprint density at radius 2 is 1.65 bits per heavy atom. The minimum atomic E-state index is 0. The van der Waals surface area contributed by atoms with Gasteiger partial charge in [-0.25, -0.2) is 0 Å². The zero-order chi connectivity index (χ0) is 15.6. The Hall–Kier alpha value is -1.35. The van der Waals surface area contributed by atoms with Crippen molar-refractivity contribution in [1.29, 1.82) is 0 Å². The number of aryl methyl sites for hydroxylation is 1. The van der Waals surface area contributed by atoms with Crippen LogP contribution in [0.1, 0.15) is 42.6 Å². The van der Waals surface area contributed by atoms with Gasteiger partial charge in [0.05, 0.1) is 6.61 Å². The molecule has 0 bridgehead atoms. The quantitative estimate of drug-likeness (QED) is 0.658. The molecule has 0 saturated carbocycles. The lowest BCUT2D eigenvalue weighted by molar-refractivity contribution is 0.0817. The molecule has 2 aromatic carbocycles. The van der Waals surface area contributed by atoms with Gasteiger partial charge in [-0.3, -0.25) is 0 Å². The highest BCUT2D eigenvalue weighted by Gasteiger charge is 2.16. The molecule has 126 valence electrons. The van der Waals surface area contributed by atoms with Gasteiger partial charge in [0.15, 0.2) is 0 Å². The summed E-state index contributed by atoms with van der Waals surface area (Å²) in [5.74, 6) is 0. The number of benzene rings is 2. The molecule has 0 aliphatic carbocycles. The van der Waals surface area contributed by atoms with Crippen molar-refractivity contribution in [2.45, 2.75) is 32.8 Å². The molecule has 0 amide bonds. The predicted octanol–water partition coefficient (Wildman–Crippen LogP) is 4.91. The number of nitrogens with one attached hydrogen (secondary N) is 1. The largest absolute Gasteiger partial charge is 0.367 e. The van der Waals surface area contributed by atoms with Crippen LogP contribution in [0, 0.1) is 6.92 Å². The van der Waals surface area contributed by atoms with Crippen molar-refractivity contribution in [2.75, 3.05) is 19.7 Å². The molecule has 2 rings (SSSR count). The molecule has 23 heavy (non-hydrogen) atoms. The number of ether oxygens (including phenoxy) is 1. The third kappa shape index (κ3) is 6.34. The topological polar surface area (TPSA) is 21.3 Å². The molecule has 0 heterocycles. The minimum Gasteiger partial charge on any atom is -0.367 e. The van der Waals surface area contributed by atoms with Gasteiger partial charge < -0.3 is 10.1 Å². The van der Waals surface area contributed by atoms with Crippen LogP contribution >= 0.6 is 12.4 Å². The van der Waals surface area contributed by atoms with Crippen LogP contribution in [-0.2, 0) is 4.74 Å². The first-order valence-corrected chi connectivity index (χ1v) is 8.25. The van der Waals surface area contributed by atoms with Gasteiger partial charge in [-0.15, -0.1) is 12.4 Å². The minimum absolute atomic E-state index is 0. The summed E-state index contributed by atoms with van der Waals surface area (Å²) in [4.78, 5) is 0. The monoisotopic (exact) mass is 333 g/mol. The lowest BCUT2D eigenvalue weighted by Crippen LogP contribution is -2.22. The van der Waals surface area contributed by atoms with Crippen LogP contribution in [0.5, 0.6) is 0 Å². The number of unbranched alkanes of at least 4 members (excludes halogenated alkanes) is 1. The molecule has 0 radical (unpaired) electrons. The van der Waals surface area contributed by atoms with E-state index < -0.39 is 0 Å². The van der Waals surface area contributed by atoms with E-state index in [4.69, 9.17) is 4.74 Å². The van der Waals surface area contributed by atoms with Gasteiger partial charge >= 0.3 is 0 Å². The normalized spacial score (nSPS) is 11.7.